The molecule has 0 aliphatic carbocycles. The highest BCUT2D eigenvalue weighted by Crippen LogP contribution is 2.41. The van der Waals surface area contributed by atoms with Gasteiger partial charge in [-0.05, 0) is 0 Å². The molecule has 0 bridgehead atoms. The van der Waals surface area contributed by atoms with Crippen molar-refractivity contribution in [2.45, 2.75) is 12.1 Å². The van der Waals surface area contributed by atoms with Gasteiger partial charge in [-0.25, -0.2) is 0 Å². The molecular weight excluding hydrogens is 214 g/mol. The maximum atomic E-state index is 12.2. The minimum atomic E-state index is -6.10. The molecule has 2 nitrogen and oxygen atoms in total. The van der Waals surface area contributed by atoms with Gasteiger partial charge in [0.1, 0.15) is 12.1 Å². The lowest BCUT2D eigenvalue weighted by atomic mass is 10.1. The van der Waals surface area contributed by atoms with Crippen LogP contribution < -0.4 is 0 Å². The van der Waals surface area contributed by atoms with Crippen molar-refractivity contribution in [1.29, 1.82) is 10.5 Å². The van der Waals surface area contributed by atoms with Crippen LogP contribution in [0.15, 0.2) is 11.4 Å². The first-order valence-corrected chi connectivity index (χ1v) is 2.83. The van der Waals surface area contributed by atoms with Crippen LogP contribution in [0.25, 0.3) is 0 Å². The summed E-state index contributed by atoms with van der Waals surface area (Å²) < 4.78 is 71.3. The van der Waals surface area contributed by atoms with Crippen molar-refractivity contribution in [3.05, 3.63) is 11.4 Å². The smallest absolute Gasteiger partial charge is 0.193 e. The molecule has 0 saturated carbocycles. The van der Waals surface area contributed by atoms with Crippen molar-refractivity contribution < 1.29 is 26.3 Å². The van der Waals surface area contributed by atoms with Gasteiger partial charge in [0, 0.05) is 0 Å². The molecule has 0 spiro atoms. The molecule has 14 heavy (non-hydrogen) atoms. The van der Waals surface area contributed by atoms with Crippen LogP contribution in [-0.4, -0.2) is 12.1 Å². The maximum Gasteiger partial charge on any atom is 0.458 e. The Hall–Kier alpha value is -1.70. The van der Waals surface area contributed by atoms with Crippen molar-refractivity contribution in [3.63, 3.8) is 0 Å². The number of hydrogen-bond donors (Lipinski definition) is 0. The molecule has 0 aliphatic rings. The molecule has 0 heterocycles. The molecule has 8 heteroatoms. The lowest BCUT2D eigenvalue weighted by Crippen LogP contribution is -2.38. The van der Waals surface area contributed by atoms with E-state index >= 15 is 0 Å². The zero-order valence-electron chi connectivity index (χ0n) is 6.16. The van der Waals surface area contributed by atoms with Crippen LogP contribution in [0.5, 0.6) is 0 Å². The Kier molecular flexibility index (Phi) is 3.15. The second-order valence-electron chi connectivity index (χ2n) is 1.98. The summed E-state index contributed by atoms with van der Waals surface area (Å²) in [5, 5.41) is 15.6. The maximum absolute atomic E-state index is 12.2. The van der Waals surface area contributed by atoms with Gasteiger partial charge in [-0.3, -0.25) is 0 Å². The average Bonchev–Trinajstić information content (AvgIpc) is 2.02. The molecule has 0 radical (unpaired) electrons. The van der Waals surface area contributed by atoms with E-state index in [4.69, 9.17) is 10.5 Å². The zero-order valence-corrected chi connectivity index (χ0v) is 6.16. The van der Waals surface area contributed by atoms with Crippen molar-refractivity contribution in [1.82, 2.24) is 0 Å². The second-order valence-corrected chi connectivity index (χ2v) is 1.98. The highest BCUT2D eigenvalue weighted by atomic mass is 19.4. The molecule has 0 N–H and O–H groups in total. The van der Waals surface area contributed by atoms with Crippen LogP contribution >= 0.6 is 0 Å². The van der Waals surface area contributed by atoms with Crippen molar-refractivity contribution >= 4 is 0 Å². The van der Waals surface area contributed by atoms with E-state index in [2.05, 4.69) is 0 Å². The van der Waals surface area contributed by atoms with Gasteiger partial charge in [0.25, 0.3) is 0 Å². The van der Waals surface area contributed by atoms with E-state index in [1.165, 1.54) is 0 Å². The standard InChI is InChI=1S/C6F6N2/c7-4(2-14)3(1-13)5(8,9)6(10,11)12/b4-3-. The van der Waals surface area contributed by atoms with Crippen LogP contribution in [0.1, 0.15) is 0 Å². The molecule has 0 aromatic rings. The Morgan fingerprint density at radius 2 is 1.36 bits per heavy atom. The minimum absolute atomic E-state index is 0.312. The highest BCUT2D eigenvalue weighted by molar-refractivity contribution is 5.38. The predicted molar refractivity (Wildman–Crippen MR) is 30.4 cm³/mol. The Morgan fingerprint density at radius 3 is 1.57 bits per heavy atom. The van der Waals surface area contributed by atoms with Gasteiger partial charge >= 0.3 is 12.1 Å². The molecule has 0 aliphatic heterocycles. The van der Waals surface area contributed by atoms with Crippen molar-refractivity contribution in [2.75, 3.05) is 0 Å². The molecule has 0 amide bonds. The fourth-order valence-corrected chi connectivity index (χ4v) is 0.455. The summed E-state index contributed by atoms with van der Waals surface area (Å²) in [6.45, 7) is 0. The summed E-state index contributed by atoms with van der Waals surface area (Å²) in [6, 6.07) is 0.716. The lowest BCUT2D eigenvalue weighted by molar-refractivity contribution is -0.263. The van der Waals surface area contributed by atoms with E-state index in [9.17, 15) is 26.3 Å². The first-order valence-electron chi connectivity index (χ1n) is 2.83. The fourth-order valence-electron chi connectivity index (χ4n) is 0.455. The van der Waals surface area contributed by atoms with Gasteiger partial charge in [-0.15, -0.1) is 0 Å². The Balaban J connectivity index is 5.54. The predicted octanol–water partition coefficient (Wildman–Crippen LogP) is 2.45. The van der Waals surface area contributed by atoms with Crippen LogP contribution in [0.3, 0.4) is 0 Å². The molecule has 0 saturated heterocycles. The van der Waals surface area contributed by atoms with E-state index < -0.39 is 23.5 Å². The zero-order chi connectivity index (χ0) is 11.6. The summed E-state index contributed by atoms with van der Waals surface area (Å²) in [4.78, 5) is 0. The first kappa shape index (κ1) is 12.3. The number of halogens is 6. The fraction of sp³-hybridized carbons (Fsp3) is 0.333. The number of allylic oxidation sites excluding steroid dienone is 2. The quantitative estimate of drug-likeness (QED) is 0.497. The molecule has 0 aromatic carbocycles. The van der Waals surface area contributed by atoms with Crippen LogP contribution in [0.2, 0.25) is 0 Å². The van der Waals surface area contributed by atoms with Gasteiger partial charge in [0.05, 0.1) is 0 Å². The SMILES string of the molecule is N#C/C(F)=C(\C#N)C(F)(F)C(F)(F)F. The topological polar surface area (TPSA) is 47.6 Å². The third-order valence-electron chi connectivity index (χ3n) is 1.10. The number of nitriles is 2. The van der Waals surface area contributed by atoms with E-state index in [1.807, 2.05) is 0 Å². The summed E-state index contributed by atoms with van der Waals surface area (Å²) in [7, 11) is 0. The molecule has 0 atom stereocenters. The van der Waals surface area contributed by atoms with Crippen LogP contribution in [0.4, 0.5) is 26.3 Å². The second kappa shape index (κ2) is 3.58. The third-order valence-corrected chi connectivity index (χ3v) is 1.10. The third kappa shape index (κ3) is 1.96. The molecule has 0 fully saturated rings. The monoisotopic (exact) mass is 214 g/mol. The van der Waals surface area contributed by atoms with Crippen LogP contribution in [-0.2, 0) is 0 Å². The summed E-state index contributed by atoms with van der Waals surface area (Å²) >= 11 is 0. The number of nitrogens with zero attached hydrogens (tertiary/aromatic N) is 2. The highest BCUT2D eigenvalue weighted by Gasteiger charge is 2.61. The Morgan fingerprint density at radius 1 is 0.929 bits per heavy atom. The van der Waals surface area contributed by atoms with Gasteiger partial charge < -0.3 is 0 Å². The Bertz CT molecular complexity index is 339. The van der Waals surface area contributed by atoms with Gasteiger partial charge in [-0.2, -0.15) is 36.9 Å². The molecule has 76 valence electrons. The van der Waals surface area contributed by atoms with E-state index in [-0.39, 0.29) is 0 Å². The molecular formula is C6F6N2. The summed E-state index contributed by atoms with van der Waals surface area (Å²) in [6.07, 6.45) is -6.10. The van der Waals surface area contributed by atoms with Gasteiger partial charge in [0.15, 0.2) is 5.57 Å². The van der Waals surface area contributed by atoms with Crippen molar-refractivity contribution in [2.24, 2.45) is 0 Å². The number of alkyl halides is 5. The first-order chi connectivity index (χ1) is 6.18. The number of hydrogen-bond acceptors (Lipinski definition) is 2. The summed E-state index contributed by atoms with van der Waals surface area (Å²) in [5.41, 5.74) is -2.53. The van der Waals surface area contributed by atoms with Crippen molar-refractivity contribution in [3.8, 4) is 12.1 Å². The summed E-state index contributed by atoms with van der Waals surface area (Å²) in [5.74, 6) is -8.10. The van der Waals surface area contributed by atoms with Crippen LogP contribution in [0, 0.1) is 22.7 Å². The minimum Gasteiger partial charge on any atom is -0.193 e. The molecule has 0 rings (SSSR count). The average molecular weight is 214 g/mol. The van der Waals surface area contributed by atoms with E-state index in [0.717, 1.165) is 0 Å². The number of rotatable bonds is 1. The molecule has 0 aromatic heterocycles. The van der Waals surface area contributed by atoms with Gasteiger partial charge in [0.2, 0.25) is 5.83 Å². The Labute approximate surface area is 73.7 Å². The van der Waals surface area contributed by atoms with E-state index in [1.54, 1.807) is 0 Å². The van der Waals surface area contributed by atoms with Gasteiger partial charge in [-0.1, -0.05) is 0 Å². The lowest BCUT2D eigenvalue weighted by Gasteiger charge is -2.17. The molecule has 0 unspecified atom stereocenters. The normalized spacial score (nSPS) is 14.0. The largest absolute Gasteiger partial charge is 0.458 e. The van der Waals surface area contributed by atoms with E-state index in [0.29, 0.717) is 12.1 Å².